The van der Waals surface area contributed by atoms with Gasteiger partial charge in [-0.25, -0.2) is 8.42 Å². The van der Waals surface area contributed by atoms with E-state index >= 15 is 0 Å². The first kappa shape index (κ1) is 25.5. The number of anilines is 1. The minimum Gasteiger partial charge on any atom is -0.337 e. The number of amides is 1. The second-order valence-electron chi connectivity index (χ2n) is 8.98. The molecule has 184 valence electrons. The first-order valence-electron chi connectivity index (χ1n) is 11.3. The van der Waals surface area contributed by atoms with Crippen LogP contribution in [0.15, 0.2) is 35.5 Å². The van der Waals surface area contributed by atoms with Crippen LogP contribution in [0.3, 0.4) is 0 Å². The van der Waals surface area contributed by atoms with Crippen molar-refractivity contribution >= 4 is 56.4 Å². The Balaban J connectivity index is 1.41. The lowest BCUT2D eigenvalue weighted by molar-refractivity contribution is -0.140. The Kier molecular flexibility index (Phi) is 7.94. The summed E-state index contributed by atoms with van der Waals surface area (Å²) in [4.78, 5) is 21.1. The number of carbonyl (C=O) groups excluding carboxylic acids is 1. The number of nitrogens with zero attached hydrogens (tertiary/aromatic N) is 3. The van der Waals surface area contributed by atoms with Crippen molar-refractivity contribution in [1.29, 1.82) is 0 Å². The highest BCUT2D eigenvalue weighted by atomic mass is 35.5. The number of piperazine rings is 1. The van der Waals surface area contributed by atoms with Crippen LogP contribution in [0.2, 0.25) is 15.1 Å². The summed E-state index contributed by atoms with van der Waals surface area (Å²) in [6.07, 6.45) is 7.45. The third-order valence-electron chi connectivity index (χ3n) is 6.38. The Morgan fingerprint density at radius 2 is 1.76 bits per heavy atom. The summed E-state index contributed by atoms with van der Waals surface area (Å²) in [5, 5.41) is 0.123. The minimum absolute atomic E-state index is 0.0619. The average molecular weight is 546 g/mol. The van der Waals surface area contributed by atoms with Gasteiger partial charge in [0.25, 0.3) is 10.0 Å². The molecule has 1 saturated heterocycles. The Morgan fingerprint density at radius 1 is 1.09 bits per heavy atom. The predicted octanol–water partition coefficient (Wildman–Crippen LogP) is 5.07. The van der Waals surface area contributed by atoms with Gasteiger partial charge in [0.15, 0.2) is 0 Å². The van der Waals surface area contributed by atoms with E-state index in [1.54, 1.807) is 12.3 Å². The van der Waals surface area contributed by atoms with Crippen molar-refractivity contribution in [3.8, 4) is 0 Å². The molecular weight excluding hydrogens is 519 g/mol. The monoisotopic (exact) mass is 544 g/mol. The van der Waals surface area contributed by atoms with Gasteiger partial charge in [0.1, 0.15) is 4.90 Å². The van der Waals surface area contributed by atoms with Crippen LogP contribution in [0.1, 0.15) is 38.2 Å². The summed E-state index contributed by atoms with van der Waals surface area (Å²) in [5.74, 6) is 0.479. The fourth-order valence-corrected chi connectivity index (χ4v) is 7.37. The van der Waals surface area contributed by atoms with E-state index in [1.165, 1.54) is 18.3 Å². The Morgan fingerprint density at radius 3 is 2.41 bits per heavy atom. The predicted molar refractivity (Wildman–Crippen MR) is 135 cm³/mol. The number of aromatic nitrogens is 1. The fraction of sp³-hybridized carbons (Fsp3) is 0.478. The summed E-state index contributed by atoms with van der Waals surface area (Å²) >= 11 is 18.1. The molecule has 1 aliphatic heterocycles. The van der Waals surface area contributed by atoms with Crippen LogP contribution in [-0.4, -0.2) is 54.8 Å². The molecule has 2 heterocycles. The summed E-state index contributed by atoms with van der Waals surface area (Å²) < 4.78 is 28.3. The van der Waals surface area contributed by atoms with Gasteiger partial charge in [-0.2, -0.15) is 0 Å². The van der Waals surface area contributed by atoms with Crippen molar-refractivity contribution in [2.75, 3.05) is 24.4 Å². The number of sulfonamides is 1. The molecule has 1 amide bonds. The third kappa shape index (κ3) is 5.79. The largest absolute Gasteiger partial charge is 0.337 e. The van der Waals surface area contributed by atoms with E-state index in [1.807, 2.05) is 4.90 Å². The second kappa shape index (κ2) is 10.6. The van der Waals surface area contributed by atoms with E-state index in [2.05, 4.69) is 21.5 Å². The molecule has 1 aromatic heterocycles. The molecule has 0 bridgehead atoms. The zero-order valence-corrected chi connectivity index (χ0v) is 21.9. The molecule has 0 unspecified atom stereocenters. The quantitative estimate of drug-likeness (QED) is 0.548. The maximum Gasteiger partial charge on any atom is 0.264 e. The summed E-state index contributed by atoms with van der Waals surface area (Å²) in [6.45, 7) is 4.89. The molecule has 11 heteroatoms. The van der Waals surface area contributed by atoms with E-state index in [9.17, 15) is 13.2 Å². The van der Waals surface area contributed by atoms with Crippen molar-refractivity contribution in [3.05, 3.63) is 51.2 Å². The Labute approximate surface area is 215 Å². The molecule has 0 radical (unpaired) electrons. The van der Waals surface area contributed by atoms with Crippen LogP contribution in [0.5, 0.6) is 0 Å². The maximum absolute atomic E-state index is 12.9. The summed E-state index contributed by atoms with van der Waals surface area (Å²) in [7, 11) is -4.05. The Bertz CT molecular complexity index is 1150. The van der Waals surface area contributed by atoms with E-state index < -0.39 is 10.0 Å². The summed E-state index contributed by atoms with van der Waals surface area (Å²) in [6, 6.07) is 4.53. The van der Waals surface area contributed by atoms with E-state index in [0.717, 1.165) is 44.3 Å². The molecule has 2 fully saturated rings. The van der Waals surface area contributed by atoms with Crippen molar-refractivity contribution in [1.82, 2.24) is 14.8 Å². The number of carbonyl (C=O) groups is 1. The van der Waals surface area contributed by atoms with E-state index in [-0.39, 0.29) is 31.9 Å². The highest BCUT2D eigenvalue weighted by molar-refractivity contribution is 7.93. The van der Waals surface area contributed by atoms with Gasteiger partial charge in [-0.3, -0.25) is 19.4 Å². The van der Waals surface area contributed by atoms with Crippen LogP contribution >= 0.6 is 34.8 Å². The lowest BCUT2D eigenvalue weighted by atomic mass is 10.0. The van der Waals surface area contributed by atoms with Gasteiger partial charge >= 0.3 is 0 Å². The van der Waals surface area contributed by atoms with Gasteiger partial charge in [-0.05, 0) is 43.5 Å². The van der Waals surface area contributed by atoms with Crippen molar-refractivity contribution in [2.24, 2.45) is 5.92 Å². The van der Waals surface area contributed by atoms with Gasteiger partial charge < -0.3 is 4.90 Å². The first-order valence-corrected chi connectivity index (χ1v) is 13.9. The number of rotatable bonds is 6. The normalized spacial score (nSPS) is 20.0. The van der Waals surface area contributed by atoms with Crippen LogP contribution < -0.4 is 4.72 Å². The first-order chi connectivity index (χ1) is 16.1. The molecule has 34 heavy (non-hydrogen) atoms. The highest BCUT2D eigenvalue weighted by Crippen LogP contribution is 2.34. The van der Waals surface area contributed by atoms with Crippen LogP contribution in [-0.2, 0) is 21.4 Å². The fourth-order valence-electron chi connectivity index (χ4n) is 4.79. The number of hydrogen-bond donors (Lipinski definition) is 1. The molecule has 1 N–H and O–H groups in total. The average Bonchev–Trinajstić information content (AvgIpc) is 3.27. The number of halogens is 3. The molecule has 2 aromatic rings. The third-order valence-corrected chi connectivity index (χ3v) is 8.90. The zero-order valence-electron chi connectivity index (χ0n) is 18.8. The lowest BCUT2D eigenvalue weighted by Crippen LogP contribution is -2.54. The SMILES string of the molecule is C[C@H]1CN(Cc2cncc(NS(=O)(=O)c3c(Cl)cc(Cl)cc3Cl)c2)CCN1C(=O)C1CCCC1. The molecule has 2 aliphatic rings. The van der Waals surface area contributed by atoms with E-state index in [4.69, 9.17) is 34.8 Å². The van der Waals surface area contributed by atoms with Crippen molar-refractivity contribution < 1.29 is 13.2 Å². The minimum atomic E-state index is -4.05. The maximum atomic E-state index is 12.9. The van der Waals surface area contributed by atoms with Crippen LogP contribution in [0.4, 0.5) is 5.69 Å². The van der Waals surface area contributed by atoms with Gasteiger partial charge in [0.2, 0.25) is 5.91 Å². The van der Waals surface area contributed by atoms with Crippen LogP contribution in [0.25, 0.3) is 0 Å². The van der Waals surface area contributed by atoms with Gasteiger partial charge in [-0.15, -0.1) is 0 Å². The number of benzene rings is 1. The highest BCUT2D eigenvalue weighted by Gasteiger charge is 2.33. The van der Waals surface area contributed by atoms with Crippen LogP contribution in [0, 0.1) is 5.92 Å². The van der Waals surface area contributed by atoms with Crippen molar-refractivity contribution in [2.45, 2.75) is 50.1 Å². The zero-order chi connectivity index (χ0) is 24.5. The molecule has 1 aliphatic carbocycles. The topological polar surface area (TPSA) is 82.6 Å². The molecule has 1 saturated carbocycles. The van der Waals surface area contributed by atoms with Gasteiger partial charge in [-0.1, -0.05) is 47.6 Å². The van der Waals surface area contributed by atoms with E-state index in [0.29, 0.717) is 24.7 Å². The Hall–Kier alpha value is -1.58. The van der Waals surface area contributed by atoms with Gasteiger partial charge in [0, 0.05) is 49.4 Å². The molecule has 1 aromatic carbocycles. The second-order valence-corrected chi connectivity index (χ2v) is 11.9. The smallest absolute Gasteiger partial charge is 0.264 e. The lowest BCUT2D eigenvalue weighted by Gasteiger charge is -2.41. The van der Waals surface area contributed by atoms with Gasteiger partial charge in [0.05, 0.1) is 21.9 Å². The molecule has 4 rings (SSSR count). The number of pyridine rings is 1. The standard InChI is InChI=1S/C23H27Cl3N4O3S/c1-15-13-29(6-7-30(15)23(31)17-4-2-3-5-17)14-16-8-19(12-27-11-16)28-34(32,33)22-20(25)9-18(24)10-21(22)26/h8-12,15,17,28H,2-7,13-14H2,1H3/t15-/m0/s1. The molecule has 0 spiro atoms. The summed E-state index contributed by atoms with van der Waals surface area (Å²) in [5.41, 5.74) is 1.17. The number of hydrogen-bond acceptors (Lipinski definition) is 5. The molecular formula is C23H27Cl3N4O3S. The number of nitrogens with one attached hydrogen (secondary N) is 1. The molecule has 1 atom stereocenters. The van der Waals surface area contributed by atoms with Crippen molar-refractivity contribution in [3.63, 3.8) is 0 Å². The molecule has 7 nitrogen and oxygen atoms in total.